The Morgan fingerprint density at radius 3 is 2.56 bits per heavy atom. The molecule has 1 N–H and O–H groups in total. The highest BCUT2D eigenvalue weighted by molar-refractivity contribution is 7.14. The number of amides is 2. The summed E-state index contributed by atoms with van der Waals surface area (Å²) in [7, 11) is 3.29. The fourth-order valence-corrected chi connectivity index (χ4v) is 5.12. The Hall–Kier alpha value is -2.34. The number of likely N-dealkylation sites (tertiary alicyclic amines) is 1. The first-order valence-electron chi connectivity index (χ1n) is 9.36. The van der Waals surface area contributed by atoms with Crippen molar-refractivity contribution in [3.05, 3.63) is 51.7 Å². The third-order valence-electron chi connectivity index (χ3n) is 5.72. The highest BCUT2D eigenvalue weighted by atomic mass is 32.1. The van der Waals surface area contributed by atoms with Crippen molar-refractivity contribution in [1.29, 1.82) is 0 Å². The van der Waals surface area contributed by atoms with E-state index in [1.54, 1.807) is 14.2 Å². The lowest BCUT2D eigenvalue weighted by molar-refractivity contribution is -0.134. The van der Waals surface area contributed by atoms with Gasteiger partial charge in [0.05, 0.1) is 23.4 Å². The molecule has 2 fully saturated rings. The minimum atomic E-state index is -0.379. The summed E-state index contributed by atoms with van der Waals surface area (Å²) in [6, 6.07) is 11.8. The highest BCUT2D eigenvalue weighted by Crippen LogP contribution is 2.52. The molecule has 1 saturated carbocycles. The molecule has 0 unspecified atom stereocenters. The molecule has 2 heterocycles. The van der Waals surface area contributed by atoms with Gasteiger partial charge in [-0.15, -0.1) is 11.3 Å². The van der Waals surface area contributed by atoms with E-state index in [1.165, 1.54) is 11.3 Å². The number of nitrogens with one attached hydrogen (secondary N) is 1. The number of hydrogen-bond acceptors (Lipinski definition) is 4. The predicted octanol–water partition coefficient (Wildman–Crippen LogP) is 3.51. The van der Waals surface area contributed by atoms with Crippen LogP contribution in [-0.2, 0) is 10.2 Å². The maximum Gasteiger partial charge on any atom is 0.261 e. The van der Waals surface area contributed by atoms with Crippen molar-refractivity contribution in [2.24, 2.45) is 0 Å². The second-order valence-corrected chi connectivity index (χ2v) is 8.36. The normalized spacial score (nSPS) is 20.4. The van der Waals surface area contributed by atoms with Gasteiger partial charge in [-0.25, -0.2) is 0 Å². The van der Waals surface area contributed by atoms with Crippen LogP contribution >= 0.6 is 11.3 Å². The summed E-state index contributed by atoms with van der Waals surface area (Å²) >= 11 is 1.49. The Bertz CT molecular complexity index is 855. The number of benzene rings is 1. The van der Waals surface area contributed by atoms with E-state index in [9.17, 15) is 9.59 Å². The van der Waals surface area contributed by atoms with Crippen LogP contribution < -0.4 is 10.1 Å². The second kappa shape index (κ2) is 7.00. The first-order valence-corrected chi connectivity index (χ1v) is 10.2. The van der Waals surface area contributed by atoms with Gasteiger partial charge in [-0.3, -0.25) is 9.59 Å². The van der Waals surface area contributed by atoms with Gasteiger partial charge in [0.25, 0.3) is 5.91 Å². The van der Waals surface area contributed by atoms with Crippen molar-refractivity contribution < 1.29 is 14.3 Å². The third kappa shape index (κ3) is 3.12. The number of hydrogen-bond donors (Lipinski definition) is 1. The van der Waals surface area contributed by atoms with Gasteiger partial charge >= 0.3 is 0 Å². The summed E-state index contributed by atoms with van der Waals surface area (Å²) < 4.78 is 5.24. The first kappa shape index (κ1) is 18.0. The first-order chi connectivity index (χ1) is 13.1. The average Bonchev–Trinajstić information content (AvgIpc) is 3.14. The maximum atomic E-state index is 13.5. The fraction of sp³-hybridized carbons (Fsp3) is 0.429. The second-order valence-electron chi connectivity index (χ2n) is 7.25. The van der Waals surface area contributed by atoms with Crippen molar-refractivity contribution in [2.45, 2.75) is 37.1 Å². The van der Waals surface area contributed by atoms with Gasteiger partial charge in [0.1, 0.15) is 5.75 Å². The summed E-state index contributed by atoms with van der Waals surface area (Å²) in [5, 5.41) is 2.66. The molecule has 142 valence electrons. The third-order valence-corrected chi connectivity index (χ3v) is 6.91. The summed E-state index contributed by atoms with van der Waals surface area (Å²) in [5.41, 5.74) is 0.701. The number of carbonyl (C=O) groups is 2. The summed E-state index contributed by atoms with van der Waals surface area (Å²) in [6.45, 7) is 0.786. The minimum Gasteiger partial charge on any atom is -0.497 e. The zero-order chi connectivity index (χ0) is 19.0. The Morgan fingerprint density at radius 2 is 1.93 bits per heavy atom. The van der Waals surface area contributed by atoms with Crippen LogP contribution in [0, 0.1) is 0 Å². The molecular formula is C21H24N2O3S. The Labute approximate surface area is 163 Å². The molecule has 1 aliphatic carbocycles. The van der Waals surface area contributed by atoms with E-state index in [2.05, 4.69) is 5.32 Å². The molecule has 27 heavy (non-hydrogen) atoms. The lowest BCUT2D eigenvalue weighted by atomic mass is 9.93. The predicted molar refractivity (Wildman–Crippen MR) is 105 cm³/mol. The number of nitrogens with zero attached hydrogens (tertiary/aromatic N) is 1. The lowest BCUT2D eigenvalue weighted by Gasteiger charge is -2.29. The molecule has 1 aliphatic heterocycles. The van der Waals surface area contributed by atoms with Crippen molar-refractivity contribution in [1.82, 2.24) is 10.2 Å². The van der Waals surface area contributed by atoms with E-state index in [1.807, 2.05) is 41.3 Å². The van der Waals surface area contributed by atoms with Gasteiger partial charge in [0.15, 0.2) is 0 Å². The molecule has 1 saturated heterocycles. The quantitative estimate of drug-likeness (QED) is 0.858. The van der Waals surface area contributed by atoms with Crippen LogP contribution in [0.1, 0.15) is 51.8 Å². The van der Waals surface area contributed by atoms with E-state index >= 15 is 0 Å². The van der Waals surface area contributed by atoms with Crippen molar-refractivity contribution in [3.63, 3.8) is 0 Å². The lowest BCUT2D eigenvalue weighted by Crippen LogP contribution is -2.38. The number of rotatable bonds is 5. The smallest absolute Gasteiger partial charge is 0.261 e. The average molecular weight is 385 g/mol. The molecule has 0 bridgehead atoms. The van der Waals surface area contributed by atoms with Gasteiger partial charge in [-0.2, -0.15) is 0 Å². The number of ether oxygens (including phenoxy) is 1. The molecule has 4 rings (SSSR count). The zero-order valence-corrected chi connectivity index (χ0v) is 16.5. The Morgan fingerprint density at radius 1 is 1.19 bits per heavy atom. The number of thiophene rings is 1. The van der Waals surface area contributed by atoms with Gasteiger partial charge in [-0.05, 0) is 55.5 Å². The molecule has 1 aromatic heterocycles. The van der Waals surface area contributed by atoms with Gasteiger partial charge in [0, 0.05) is 18.5 Å². The molecule has 1 atom stereocenters. The molecule has 6 heteroatoms. The topological polar surface area (TPSA) is 58.6 Å². The maximum absolute atomic E-state index is 13.5. The van der Waals surface area contributed by atoms with Crippen LogP contribution in [0.4, 0.5) is 0 Å². The molecule has 2 amide bonds. The summed E-state index contributed by atoms with van der Waals surface area (Å²) in [4.78, 5) is 29.2. The van der Waals surface area contributed by atoms with E-state index < -0.39 is 0 Å². The number of methoxy groups -OCH3 is 1. The van der Waals surface area contributed by atoms with Crippen molar-refractivity contribution >= 4 is 23.2 Å². The molecule has 0 spiro atoms. The van der Waals surface area contributed by atoms with E-state index in [0.29, 0.717) is 4.88 Å². The number of carbonyl (C=O) groups excluding carboxylic acids is 2. The van der Waals surface area contributed by atoms with Crippen molar-refractivity contribution in [2.75, 3.05) is 20.7 Å². The molecule has 2 aliphatic rings. The monoisotopic (exact) mass is 384 g/mol. The molecule has 5 nitrogen and oxygen atoms in total. The highest BCUT2D eigenvalue weighted by Gasteiger charge is 2.54. The van der Waals surface area contributed by atoms with Crippen LogP contribution in [0.2, 0.25) is 0 Å². The van der Waals surface area contributed by atoms with E-state index in [-0.39, 0.29) is 23.3 Å². The van der Waals surface area contributed by atoms with Crippen LogP contribution in [0.15, 0.2) is 36.4 Å². The molecule has 1 aromatic carbocycles. The van der Waals surface area contributed by atoms with Crippen LogP contribution in [0.5, 0.6) is 5.75 Å². The minimum absolute atomic E-state index is 0.0704. The molecular weight excluding hydrogens is 360 g/mol. The Balaban J connectivity index is 1.57. The molecule has 2 aromatic rings. The Kier molecular flexibility index (Phi) is 4.68. The van der Waals surface area contributed by atoms with Gasteiger partial charge in [-0.1, -0.05) is 12.1 Å². The SMILES string of the molecule is CNC(=O)c1ccc([C@@H]2CCCN2C(=O)C2(c3ccc(OC)cc3)CC2)s1. The fourth-order valence-electron chi connectivity index (χ4n) is 4.02. The molecule has 0 radical (unpaired) electrons. The van der Waals surface area contributed by atoms with Crippen LogP contribution in [0.25, 0.3) is 0 Å². The zero-order valence-electron chi connectivity index (χ0n) is 15.7. The van der Waals surface area contributed by atoms with Crippen LogP contribution in [-0.4, -0.2) is 37.4 Å². The van der Waals surface area contributed by atoms with Crippen LogP contribution in [0.3, 0.4) is 0 Å². The van der Waals surface area contributed by atoms with Gasteiger partial charge < -0.3 is 15.0 Å². The largest absolute Gasteiger partial charge is 0.497 e. The summed E-state index contributed by atoms with van der Waals surface area (Å²) in [5.74, 6) is 0.963. The van der Waals surface area contributed by atoms with E-state index in [0.717, 1.165) is 48.4 Å². The summed E-state index contributed by atoms with van der Waals surface area (Å²) in [6.07, 6.45) is 3.76. The van der Waals surface area contributed by atoms with E-state index in [4.69, 9.17) is 4.74 Å². The standard InChI is InChI=1S/C21H24N2O3S/c1-22-19(24)18-10-9-17(27-18)16-4-3-13-23(16)20(25)21(11-12-21)14-5-7-15(26-2)8-6-14/h5-10,16H,3-4,11-13H2,1-2H3,(H,22,24)/t16-/m0/s1. The van der Waals surface area contributed by atoms with Crippen molar-refractivity contribution in [3.8, 4) is 5.75 Å². The van der Waals surface area contributed by atoms with Gasteiger partial charge in [0.2, 0.25) is 5.91 Å².